The van der Waals surface area contributed by atoms with Gasteiger partial charge in [-0.2, -0.15) is 0 Å². The first-order valence-electron chi connectivity index (χ1n) is 9.01. The summed E-state index contributed by atoms with van der Waals surface area (Å²) in [6.07, 6.45) is -0.796. The van der Waals surface area contributed by atoms with Crippen molar-refractivity contribution in [1.29, 1.82) is 0 Å². The van der Waals surface area contributed by atoms with Gasteiger partial charge in [0.15, 0.2) is 6.10 Å². The Balaban J connectivity index is 1.51. The summed E-state index contributed by atoms with van der Waals surface area (Å²) in [5.74, 6) is -0.479. The fourth-order valence-electron chi connectivity index (χ4n) is 2.59. The highest BCUT2D eigenvalue weighted by Gasteiger charge is 2.17. The van der Waals surface area contributed by atoms with Gasteiger partial charge in [-0.1, -0.05) is 30.3 Å². The summed E-state index contributed by atoms with van der Waals surface area (Å²) in [6, 6.07) is 16.8. The van der Waals surface area contributed by atoms with Gasteiger partial charge in [-0.05, 0) is 42.0 Å². The Hall–Kier alpha value is -3.39. The number of hydrogen-bond donors (Lipinski definition) is 3. The third kappa shape index (κ3) is 5.55. The van der Waals surface area contributed by atoms with E-state index >= 15 is 0 Å². The summed E-state index contributed by atoms with van der Waals surface area (Å²) >= 11 is 1.24. The summed E-state index contributed by atoms with van der Waals surface area (Å²) in [5.41, 5.74) is 4.75. The molecule has 0 radical (unpaired) electrons. The lowest BCUT2D eigenvalue weighted by Crippen LogP contribution is -2.47. The van der Waals surface area contributed by atoms with Gasteiger partial charge in [-0.3, -0.25) is 25.2 Å². The van der Waals surface area contributed by atoms with Crippen molar-refractivity contribution in [1.82, 2.24) is 16.2 Å². The first kappa shape index (κ1) is 20.3. The molecule has 0 aliphatic heterocycles. The first-order valence-corrected chi connectivity index (χ1v) is 9.83. The maximum Gasteiger partial charge on any atom is 0.279 e. The number of hydrogen-bond acceptors (Lipinski definition) is 5. The van der Waals surface area contributed by atoms with E-state index in [2.05, 4.69) is 16.2 Å². The smallest absolute Gasteiger partial charge is 0.279 e. The highest BCUT2D eigenvalue weighted by molar-refractivity contribution is 7.14. The van der Waals surface area contributed by atoms with Gasteiger partial charge in [-0.15, -0.1) is 11.3 Å². The minimum Gasteiger partial charge on any atom is -0.481 e. The van der Waals surface area contributed by atoms with E-state index in [4.69, 9.17) is 4.74 Å². The zero-order valence-corrected chi connectivity index (χ0v) is 16.8. The lowest BCUT2D eigenvalue weighted by atomic mass is 10.1. The van der Waals surface area contributed by atoms with Crippen molar-refractivity contribution in [2.45, 2.75) is 26.5 Å². The Bertz CT molecular complexity index is 1050. The highest BCUT2D eigenvalue weighted by Crippen LogP contribution is 2.21. The van der Waals surface area contributed by atoms with Crippen molar-refractivity contribution in [3.05, 3.63) is 64.4 Å². The maximum absolute atomic E-state index is 12.2. The predicted octanol–water partition coefficient (Wildman–Crippen LogP) is 2.77. The van der Waals surface area contributed by atoms with Gasteiger partial charge in [-0.25, -0.2) is 0 Å². The van der Waals surface area contributed by atoms with Gasteiger partial charge in [0.1, 0.15) is 5.75 Å². The molecule has 1 heterocycles. The predicted molar refractivity (Wildman–Crippen MR) is 111 cm³/mol. The first-order chi connectivity index (χ1) is 13.9. The van der Waals surface area contributed by atoms with Gasteiger partial charge < -0.3 is 10.1 Å². The molecule has 3 N–H and O–H groups in total. The van der Waals surface area contributed by atoms with E-state index < -0.39 is 17.9 Å². The molecular weight excluding hydrogens is 390 g/mol. The normalized spacial score (nSPS) is 11.5. The fourth-order valence-corrected chi connectivity index (χ4v) is 3.43. The molecule has 150 valence electrons. The summed E-state index contributed by atoms with van der Waals surface area (Å²) in [7, 11) is 0. The van der Waals surface area contributed by atoms with Gasteiger partial charge in [0, 0.05) is 11.8 Å². The minimum absolute atomic E-state index is 0.142. The molecule has 8 heteroatoms. The second-order valence-corrected chi connectivity index (χ2v) is 7.56. The largest absolute Gasteiger partial charge is 0.481 e. The maximum atomic E-state index is 12.2. The molecule has 0 bridgehead atoms. The number of rotatable bonds is 6. The molecule has 0 aliphatic carbocycles. The molecular formula is C21H21N3O4S. The van der Waals surface area contributed by atoms with Crippen LogP contribution in [0.2, 0.25) is 0 Å². The number of amides is 3. The SMILES string of the molecule is CC(=O)NCc1ccc(C(=O)NNC(=O)C(C)Oc2ccc3ccccc3c2)s1. The van der Waals surface area contributed by atoms with Crippen LogP contribution in [0.5, 0.6) is 5.75 Å². The number of ether oxygens (including phenoxy) is 1. The van der Waals surface area contributed by atoms with Crippen LogP contribution in [0.4, 0.5) is 0 Å². The molecule has 0 spiro atoms. The number of fused-ring (bicyclic) bond motifs is 1. The summed E-state index contributed by atoms with van der Waals surface area (Å²) in [6.45, 7) is 3.39. The summed E-state index contributed by atoms with van der Waals surface area (Å²) < 4.78 is 5.68. The van der Waals surface area contributed by atoms with Crippen molar-refractivity contribution in [2.24, 2.45) is 0 Å². The molecule has 0 saturated heterocycles. The molecule has 0 fully saturated rings. The van der Waals surface area contributed by atoms with E-state index in [1.807, 2.05) is 36.4 Å². The Labute approximate surface area is 172 Å². The van der Waals surface area contributed by atoms with E-state index in [9.17, 15) is 14.4 Å². The molecule has 7 nitrogen and oxygen atoms in total. The minimum atomic E-state index is -0.796. The second-order valence-electron chi connectivity index (χ2n) is 6.39. The number of carbonyl (C=O) groups excluding carboxylic acids is 3. The summed E-state index contributed by atoms with van der Waals surface area (Å²) in [4.78, 5) is 36.6. The molecule has 2 aromatic carbocycles. The Morgan fingerprint density at radius 1 is 1.00 bits per heavy atom. The molecule has 0 saturated carbocycles. The quantitative estimate of drug-likeness (QED) is 0.544. The molecule has 1 aromatic heterocycles. The fraction of sp³-hybridized carbons (Fsp3) is 0.190. The van der Waals surface area contributed by atoms with Crippen LogP contribution < -0.4 is 20.9 Å². The van der Waals surface area contributed by atoms with Gasteiger partial charge >= 0.3 is 0 Å². The Kier molecular flexibility index (Phi) is 6.46. The van der Waals surface area contributed by atoms with Gasteiger partial charge in [0.05, 0.1) is 11.4 Å². The van der Waals surface area contributed by atoms with E-state index in [-0.39, 0.29) is 5.91 Å². The third-order valence-corrected chi connectivity index (χ3v) is 5.18. The van der Waals surface area contributed by atoms with Gasteiger partial charge in [0.25, 0.3) is 11.8 Å². The zero-order valence-electron chi connectivity index (χ0n) is 16.0. The van der Waals surface area contributed by atoms with Crippen LogP contribution in [0.15, 0.2) is 54.6 Å². The highest BCUT2D eigenvalue weighted by atomic mass is 32.1. The second kappa shape index (κ2) is 9.20. The average molecular weight is 411 g/mol. The Morgan fingerprint density at radius 3 is 2.52 bits per heavy atom. The number of carbonyl (C=O) groups is 3. The number of hydrazine groups is 1. The number of thiophene rings is 1. The third-order valence-electron chi connectivity index (χ3n) is 4.10. The van der Waals surface area contributed by atoms with Crippen molar-refractivity contribution < 1.29 is 19.1 Å². The summed E-state index contributed by atoms with van der Waals surface area (Å²) in [5, 5.41) is 4.76. The van der Waals surface area contributed by atoms with Crippen molar-refractivity contribution in [3.8, 4) is 5.75 Å². The zero-order chi connectivity index (χ0) is 20.8. The Morgan fingerprint density at radius 2 is 1.76 bits per heavy atom. The van der Waals surface area contributed by atoms with Crippen molar-refractivity contribution in [3.63, 3.8) is 0 Å². The lowest BCUT2D eigenvalue weighted by Gasteiger charge is -2.15. The van der Waals surface area contributed by atoms with Crippen LogP contribution in [0, 0.1) is 0 Å². The van der Waals surface area contributed by atoms with E-state index in [0.717, 1.165) is 15.6 Å². The van der Waals surface area contributed by atoms with Crippen molar-refractivity contribution >= 4 is 39.8 Å². The van der Waals surface area contributed by atoms with E-state index in [1.54, 1.807) is 25.1 Å². The van der Waals surface area contributed by atoms with Crippen LogP contribution in [0.1, 0.15) is 28.4 Å². The molecule has 3 aromatic rings. The monoisotopic (exact) mass is 411 g/mol. The molecule has 0 aliphatic rings. The molecule has 3 amide bonds. The standard InChI is InChI=1S/C21H21N3O4S/c1-13(28-17-8-7-15-5-3-4-6-16(15)11-17)20(26)23-24-21(27)19-10-9-18(29-19)12-22-14(2)25/h3-11,13H,12H2,1-2H3,(H,22,25)(H,23,26)(H,24,27). The van der Waals surface area contributed by atoms with Crippen LogP contribution in [0.3, 0.4) is 0 Å². The van der Waals surface area contributed by atoms with Crippen LogP contribution in [0.25, 0.3) is 10.8 Å². The average Bonchev–Trinajstić information content (AvgIpc) is 3.19. The molecule has 29 heavy (non-hydrogen) atoms. The molecule has 1 unspecified atom stereocenters. The van der Waals surface area contributed by atoms with Gasteiger partial charge in [0.2, 0.25) is 5.91 Å². The van der Waals surface area contributed by atoms with Crippen molar-refractivity contribution in [2.75, 3.05) is 0 Å². The van der Waals surface area contributed by atoms with Crippen LogP contribution >= 0.6 is 11.3 Å². The lowest BCUT2D eigenvalue weighted by molar-refractivity contribution is -0.128. The van der Waals surface area contributed by atoms with Crippen LogP contribution in [-0.2, 0) is 16.1 Å². The van der Waals surface area contributed by atoms with Crippen LogP contribution in [-0.4, -0.2) is 23.8 Å². The van der Waals surface area contributed by atoms with E-state index in [0.29, 0.717) is 17.2 Å². The topological polar surface area (TPSA) is 96.5 Å². The molecule has 3 rings (SSSR count). The number of benzene rings is 2. The molecule has 1 atom stereocenters. The number of nitrogens with one attached hydrogen (secondary N) is 3. The van der Waals surface area contributed by atoms with E-state index in [1.165, 1.54) is 18.3 Å².